The number of hydrazone groups is 1. The second kappa shape index (κ2) is 4.99. The molecule has 1 aromatic rings. The number of carbonyl (C=O) groups is 1. The van der Waals surface area contributed by atoms with Crippen LogP contribution in [0.3, 0.4) is 0 Å². The smallest absolute Gasteiger partial charge is 0.267 e. The molecule has 0 aliphatic carbocycles. The highest BCUT2D eigenvalue weighted by Gasteiger charge is 2.15. The van der Waals surface area contributed by atoms with Gasteiger partial charge in [-0.1, -0.05) is 11.6 Å². The van der Waals surface area contributed by atoms with Gasteiger partial charge in [0.1, 0.15) is 5.71 Å². The summed E-state index contributed by atoms with van der Waals surface area (Å²) in [6, 6.07) is 7.16. The van der Waals surface area contributed by atoms with Crippen molar-refractivity contribution in [2.45, 2.75) is 12.8 Å². The van der Waals surface area contributed by atoms with Crippen LogP contribution in [0.2, 0.25) is 5.02 Å². The Labute approximate surface area is 98.7 Å². The summed E-state index contributed by atoms with van der Waals surface area (Å²) < 4.78 is 0. The summed E-state index contributed by atoms with van der Waals surface area (Å²) in [6.07, 6.45) is 1.65. The first-order valence-corrected chi connectivity index (χ1v) is 5.50. The van der Waals surface area contributed by atoms with Crippen molar-refractivity contribution in [1.29, 1.82) is 0 Å². The van der Waals surface area contributed by atoms with Crippen molar-refractivity contribution in [1.82, 2.24) is 5.32 Å². The Balaban J connectivity index is 2.02. The number of nitrogens with one attached hydrogen (secondary N) is 2. The van der Waals surface area contributed by atoms with Gasteiger partial charge in [-0.3, -0.25) is 10.2 Å². The molecule has 1 aliphatic heterocycles. The maximum atomic E-state index is 11.4. The lowest BCUT2D eigenvalue weighted by atomic mass is 10.1. The molecule has 1 fully saturated rings. The predicted molar refractivity (Wildman–Crippen MR) is 64.8 cm³/mol. The minimum atomic E-state index is -0.0901. The average molecular weight is 238 g/mol. The fourth-order valence-electron chi connectivity index (χ4n) is 1.44. The molecule has 0 unspecified atom stereocenters. The van der Waals surface area contributed by atoms with Crippen molar-refractivity contribution < 1.29 is 4.79 Å². The van der Waals surface area contributed by atoms with Crippen LogP contribution in [-0.4, -0.2) is 18.2 Å². The zero-order chi connectivity index (χ0) is 11.4. The third kappa shape index (κ3) is 2.73. The molecule has 1 heterocycles. The van der Waals surface area contributed by atoms with E-state index in [1.165, 1.54) is 0 Å². The molecule has 5 heteroatoms. The molecule has 0 bridgehead atoms. The Kier molecular flexibility index (Phi) is 3.41. The zero-order valence-corrected chi connectivity index (χ0v) is 9.42. The van der Waals surface area contributed by atoms with Gasteiger partial charge < -0.3 is 5.32 Å². The number of amides is 1. The van der Waals surface area contributed by atoms with Gasteiger partial charge >= 0.3 is 0 Å². The number of benzene rings is 1. The van der Waals surface area contributed by atoms with Crippen LogP contribution < -0.4 is 10.7 Å². The first-order chi connectivity index (χ1) is 7.75. The van der Waals surface area contributed by atoms with E-state index < -0.39 is 0 Å². The third-order valence-electron chi connectivity index (χ3n) is 2.30. The number of anilines is 1. The normalized spacial score (nSPS) is 18.3. The molecular weight excluding hydrogens is 226 g/mol. The number of hydrogen-bond acceptors (Lipinski definition) is 3. The topological polar surface area (TPSA) is 53.5 Å². The van der Waals surface area contributed by atoms with Crippen molar-refractivity contribution in [2.24, 2.45) is 5.10 Å². The summed E-state index contributed by atoms with van der Waals surface area (Å²) in [6.45, 7) is 0.735. The largest absolute Gasteiger partial charge is 0.351 e. The Morgan fingerprint density at radius 3 is 2.75 bits per heavy atom. The van der Waals surface area contributed by atoms with Crippen LogP contribution in [0.4, 0.5) is 5.69 Å². The van der Waals surface area contributed by atoms with E-state index in [0.717, 1.165) is 18.7 Å². The molecule has 1 saturated heterocycles. The van der Waals surface area contributed by atoms with Crippen LogP contribution in [0, 0.1) is 0 Å². The maximum absolute atomic E-state index is 11.4. The number of halogens is 1. The highest BCUT2D eigenvalue weighted by molar-refractivity contribution is 6.39. The minimum Gasteiger partial charge on any atom is -0.351 e. The van der Waals surface area contributed by atoms with E-state index in [2.05, 4.69) is 15.8 Å². The fraction of sp³-hybridized carbons (Fsp3) is 0.273. The van der Waals surface area contributed by atoms with Crippen LogP contribution in [-0.2, 0) is 4.79 Å². The summed E-state index contributed by atoms with van der Waals surface area (Å²) >= 11 is 5.76. The molecule has 0 atom stereocenters. The lowest BCUT2D eigenvalue weighted by Gasteiger charge is -2.13. The van der Waals surface area contributed by atoms with Crippen LogP contribution in [0.5, 0.6) is 0 Å². The van der Waals surface area contributed by atoms with Gasteiger partial charge in [0, 0.05) is 11.6 Å². The van der Waals surface area contributed by atoms with E-state index in [1.54, 1.807) is 12.1 Å². The molecule has 16 heavy (non-hydrogen) atoms. The van der Waals surface area contributed by atoms with Gasteiger partial charge in [-0.25, -0.2) is 0 Å². The van der Waals surface area contributed by atoms with E-state index in [1.807, 2.05) is 12.1 Å². The van der Waals surface area contributed by atoms with E-state index >= 15 is 0 Å². The van der Waals surface area contributed by atoms with Crippen molar-refractivity contribution in [3.63, 3.8) is 0 Å². The first-order valence-electron chi connectivity index (χ1n) is 5.12. The summed E-state index contributed by atoms with van der Waals surface area (Å²) in [5.74, 6) is -0.0901. The van der Waals surface area contributed by atoms with Gasteiger partial charge in [-0.2, -0.15) is 5.10 Å². The molecule has 2 rings (SSSR count). The highest BCUT2D eigenvalue weighted by Crippen LogP contribution is 2.13. The summed E-state index contributed by atoms with van der Waals surface area (Å²) in [5, 5.41) is 7.50. The average Bonchev–Trinajstić information content (AvgIpc) is 2.30. The number of piperidine rings is 1. The van der Waals surface area contributed by atoms with E-state index in [0.29, 0.717) is 17.2 Å². The fourth-order valence-corrected chi connectivity index (χ4v) is 1.56. The SMILES string of the molecule is O=C1NCCCC1=NNc1ccc(Cl)cc1. The van der Waals surface area contributed by atoms with Crippen molar-refractivity contribution in [2.75, 3.05) is 12.0 Å². The summed E-state index contributed by atoms with van der Waals surface area (Å²) in [5.41, 5.74) is 4.20. The molecule has 0 saturated carbocycles. The molecule has 1 amide bonds. The van der Waals surface area contributed by atoms with E-state index in [-0.39, 0.29) is 5.91 Å². The van der Waals surface area contributed by atoms with Gasteiger partial charge in [-0.05, 0) is 37.1 Å². The van der Waals surface area contributed by atoms with Gasteiger partial charge in [0.15, 0.2) is 0 Å². The number of rotatable bonds is 2. The monoisotopic (exact) mass is 237 g/mol. The Morgan fingerprint density at radius 1 is 1.31 bits per heavy atom. The van der Waals surface area contributed by atoms with Crippen molar-refractivity contribution in [3.8, 4) is 0 Å². The van der Waals surface area contributed by atoms with Crippen molar-refractivity contribution >= 4 is 28.9 Å². The molecule has 2 N–H and O–H groups in total. The van der Waals surface area contributed by atoms with Gasteiger partial charge in [0.05, 0.1) is 5.69 Å². The lowest BCUT2D eigenvalue weighted by Crippen LogP contribution is -2.37. The quantitative estimate of drug-likeness (QED) is 0.774. The molecule has 0 aromatic heterocycles. The van der Waals surface area contributed by atoms with Crippen LogP contribution in [0.25, 0.3) is 0 Å². The highest BCUT2D eigenvalue weighted by atomic mass is 35.5. The standard InChI is InChI=1S/C11H12ClN3O/c12-8-3-5-9(6-4-8)14-15-10-2-1-7-13-11(10)16/h3-6,14H,1-2,7H2,(H,13,16). The number of nitrogens with zero attached hydrogens (tertiary/aromatic N) is 1. The van der Waals surface area contributed by atoms with E-state index in [9.17, 15) is 4.79 Å². The lowest BCUT2D eigenvalue weighted by molar-refractivity contribution is -0.115. The molecule has 0 spiro atoms. The molecule has 1 aliphatic rings. The van der Waals surface area contributed by atoms with Crippen LogP contribution in [0.1, 0.15) is 12.8 Å². The number of carbonyl (C=O) groups excluding carboxylic acids is 1. The Bertz CT molecular complexity index is 414. The second-order valence-electron chi connectivity index (χ2n) is 3.54. The van der Waals surface area contributed by atoms with Crippen molar-refractivity contribution in [3.05, 3.63) is 29.3 Å². The van der Waals surface area contributed by atoms with Crippen LogP contribution >= 0.6 is 11.6 Å². The Hall–Kier alpha value is -1.55. The molecule has 4 nitrogen and oxygen atoms in total. The summed E-state index contributed by atoms with van der Waals surface area (Å²) in [4.78, 5) is 11.4. The third-order valence-corrected chi connectivity index (χ3v) is 2.55. The van der Waals surface area contributed by atoms with Gasteiger partial charge in [0.25, 0.3) is 5.91 Å². The zero-order valence-electron chi connectivity index (χ0n) is 8.66. The van der Waals surface area contributed by atoms with Gasteiger partial charge in [0.2, 0.25) is 0 Å². The molecule has 0 radical (unpaired) electrons. The van der Waals surface area contributed by atoms with E-state index in [4.69, 9.17) is 11.6 Å². The predicted octanol–water partition coefficient (Wildman–Crippen LogP) is 2.02. The second-order valence-corrected chi connectivity index (χ2v) is 3.97. The van der Waals surface area contributed by atoms with Crippen LogP contribution in [0.15, 0.2) is 29.4 Å². The Morgan fingerprint density at radius 2 is 2.06 bits per heavy atom. The molecule has 1 aromatic carbocycles. The summed E-state index contributed by atoms with van der Waals surface area (Å²) in [7, 11) is 0. The van der Waals surface area contributed by atoms with Gasteiger partial charge in [-0.15, -0.1) is 0 Å². The molecular formula is C11H12ClN3O. The first kappa shape index (κ1) is 11.0. The number of hydrogen-bond donors (Lipinski definition) is 2. The molecule has 84 valence electrons. The maximum Gasteiger partial charge on any atom is 0.267 e. The minimum absolute atomic E-state index is 0.0901.